The molecule has 0 aliphatic rings. The molecule has 0 radical (unpaired) electrons. The van der Waals surface area contributed by atoms with Crippen molar-refractivity contribution in [2.45, 2.75) is 51.6 Å². The van der Waals surface area contributed by atoms with Gasteiger partial charge in [0.25, 0.3) is 0 Å². The summed E-state index contributed by atoms with van der Waals surface area (Å²) in [6.07, 6.45) is 0.954. The first kappa shape index (κ1) is 13.9. The van der Waals surface area contributed by atoms with Crippen molar-refractivity contribution in [3.8, 4) is 0 Å². The summed E-state index contributed by atoms with van der Waals surface area (Å²) in [6, 6.07) is 0. The lowest BCUT2D eigenvalue weighted by Gasteiger charge is -2.30. The van der Waals surface area contributed by atoms with Crippen LogP contribution in [0.3, 0.4) is 0 Å². The van der Waals surface area contributed by atoms with Crippen molar-refractivity contribution >= 4 is 11.9 Å². The lowest BCUT2D eigenvalue weighted by atomic mass is 9.91. The van der Waals surface area contributed by atoms with Crippen LogP contribution >= 0.6 is 0 Å². The Balaban J connectivity index is 4.69. The average molecular weight is 216 g/mol. The van der Waals surface area contributed by atoms with Gasteiger partial charge < -0.3 is 16.2 Å². The fraction of sp³-hybridized carbons (Fsp3) is 0.800. The number of nitrogens with one attached hydrogen (secondary N) is 1. The highest BCUT2D eigenvalue weighted by molar-refractivity contribution is 5.91. The Hall–Kier alpha value is -1.10. The first-order chi connectivity index (χ1) is 6.69. The topological polar surface area (TPSA) is 92.4 Å². The van der Waals surface area contributed by atoms with Crippen molar-refractivity contribution < 1.29 is 14.7 Å². The summed E-state index contributed by atoms with van der Waals surface area (Å²) in [5.74, 6) is -1.50. The van der Waals surface area contributed by atoms with Gasteiger partial charge >= 0.3 is 5.97 Å². The van der Waals surface area contributed by atoms with Crippen LogP contribution in [-0.4, -0.2) is 28.1 Å². The largest absolute Gasteiger partial charge is 0.480 e. The van der Waals surface area contributed by atoms with Gasteiger partial charge in [0.1, 0.15) is 5.54 Å². The summed E-state index contributed by atoms with van der Waals surface area (Å²) in [4.78, 5) is 22.6. The third-order valence-electron chi connectivity index (χ3n) is 2.67. The predicted octanol–water partition coefficient (Wildman–Crippen LogP) is 0.483. The Morgan fingerprint density at radius 3 is 1.93 bits per heavy atom. The summed E-state index contributed by atoms with van der Waals surface area (Å²) in [5, 5.41) is 11.3. The first-order valence-electron chi connectivity index (χ1n) is 5.04. The number of carboxylic acids is 1. The smallest absolute Gasteiger partial charge is 0.328 e. The molecule has 0 aliphatic carbocycles. The van der Waals surface area contributed by atoms with Crippen LogP contribution in [0, 0.1) is 0 Å². The maximum atomic E-state index is 11.7. The van der Waals surface area contributed by atoms with E-state index in [9.17, 15) is 9.59 Å². The van der Waals surface area contributed by atoms with Crippen LogP contribution in [0.1, 0.15) is 40.5 Å². The van der Waals surface area contributed by atoms with Gasteiger partial charge in [-0.1, -0.05) is 13.8 Å². The molecule has 88 valence electrons. The Labute approximate surface area is 90.0 Å². The highest BCUT2D eigenvalue weighted by atomic mass is 16.4. The number of hydrogen-bond donors (Lipinski definition) is 3. The minimum atomic E-state index is -1.29. The van der Waals surface area contributed by atoms with E-state index in [0.29, 0.717) is 12.8 Å². The number of carbonyl (C=O) groups is 2. The molecule has 0 rings (SSSR count). The van der Waals surface area contributed by atoms with Crippen LogP contribution in [0.15, 0.2) is 0 Å². The van der Waals surface area contributed by atoms with E-state index in [0.717, 1.165) is 0 Å². The van der Waals surface area contributed by atoms with Gasteiger partial charge in [0.2, 0.25) is 5.91 Å². The highest BCUT2D eigenvalue weighted by Gasteiger charge is 2.36. The van der Waals surface area contributed by atoms with Crippen LogP contribution in [0.25, 0.3) is 0 Å². The molecule has 0 aromatic rings. The van der Waals surface area contributed by atoms with E-state index in [1.165, 1.54) is 13.8 Å². The summed E-state index contributed by atoms with van der Waals surface area (Å²) in [7, 11) is 0. The SMILES string of the molecule is CCC(N)(CC)C(=O)NC(C)(C)C(=O)O. The zero-order valence-electron chi connectivity index (χ0n) is 9.76. The number of aliphatic carboxylic acids is 1. The molecule has 4 N–H and O–H groups in total. The van der Waals surface area contributed by atoms with Crippen LogP contribution < -0.4 is 11.1 Å². The van der Waals surface area contributed by atoms with Gasteiger partial charge in [-0.25, -0.2) is 4.79 Å². The molecule has 0 atom stereocenters. The van der Waals surface area contributed by atoms with Crippen molar-refractivity contribution in [1.29, 1.82) is 0 Å². The monoisotopic (exact) mass is 216 g/mol. The van der Waals surface area contributed by atoms with Crippen LogP contribution in [0.5, 0.6) is 0 Å². The van der Waals surface area contributed by atoms with Gasteiger partial charge in [-0.15, -0.1) is 0 Å². The lowest BCUT2D eigenvalue weighted by molar-refractivity contribution is -0.147. The number of carbonyl (C=O) groups excluding carboxylic acids is 1. The molecule has 0 aliphatic heterocycles. The molecule has 0 aromatic heterocycles. The van der Waals surface area contributed by atoms with Crippen molar-refractivity contribution in [2.75, 3.05) is 0 Å². The quantitative estimate of drug-likeness (QED) is 0.623. The number of carboxylic acid groups (broad SMARTS) is 1. The minimum absolute atomic E-state index is 0.417. The molecule has 15 heavy (non-hydrogen) atoms. The molecule has 5 nitrogen and oxygen atoms in total. The second-order valence-electron chi connectivity index (χ2n) is 4.25. The van der Waals surface area contributed by atoms with Gasteiger partial charge in [0, 0.05) is 0 Å². The van der Waals surface area contributed by atoms with E-state index in [2.05, 4.69) is 5.32 Å². The normalized spacial score (nSPS) is 12.3. The van der Waals surface area contributed by atoms with E-state index >= 15 is 0 Å². The molecule has 0 spiro atoms. The van der Waals surface area contributed by atoms with Crippen molar-refractivity contribution in [3.63, 3.8) is 0 Å². The highest BCUT2D eigenvalue weighted by Crippen LogP contribution is 2.13. The summed E-state index contributed by atoms with van der Waals surface area (Å²) >= 11 is 0. The third kappa shape index (κ3) is 3.20. The molecule has 0 saturated heterocycles. The van der Waals surface area contributed by atoms with Crippen LogP contribution in [0.4, 0.5) is 0 Å². The van der Waals surface area contributed by atoms with Crippen LogP contribution in [-0.2, 0) is 9.59 Å². The van der Waals surface area contributed by atoms with Gasteiger partial charge in [-0.2, -0.15) is 0 Å². The fourth-order valence-corrected chi connectivity index (χ4v) is 1.03. The average Bonchev–Trinajstić information content (AvgIpc) is 2.15. The van der Waals surface area contributed by atoms with Crippen LogP contribution in [0.2, 0.25) is 0 Å². The molecule has 0 saturated carbocycles. The molecule has 0 aromatic carbocycles. The zero-order valence-corrected chi connectivity index (χ0v) is 9.76. The van der Waals surface area contributed by atoms with E-state index < -0.39 is 23.0 Å². The molecular weight excluding hydrogens is 196 g/mol. The van der Waals surface area contributed by atoms with Gasteiger partial charge in [-0.05, 0) is 26.7 Å². The van der Waals surface area contributed by atoms with E-state index in [1.807, 2.05) is 0 Å². The lowest BCUT2D eigenvalue weighted by Crippen LogP contribution is -2.60. The molecule has 0 bridgehead atoms. The standard InChI is InChI=1S/C10H20N2O3/c1-5-10(11,6-2)7(13)12-9(3,4)8(14)15/h5-6,11H2,1-4H3,(H,12,13)(H,14,15). The van der Waals surface area contributed by atoms with E-state index in [-0.39, 0.29) is 0 Å². The minimum Gasteiger partial charge on any atom is -0.480 e. The molecular formula is C10H20N2O3. The Bertz CT molecular complexity index is 257. The second kappa shape index (κ2) is 4.61. The second-order valence-corrected chi connectivity index (χ2v) is 4.25. The summed E-state index contributed by atoms with van der Waals surface area (Å²) in [5.41, 5.74) is 3.58. The molecule has 1 amide bonds. The fourth-order valence-electron chi connectivity index (χ4n) is 1.03. The van der Waals surface area contributed by atoms with Crippen molar-refractivity contribution in [1.82, 2.24) is 5.32 Å². The first-order valence-corrected chi connectivity index (χ1v) is 5.04. The van der Waals surface area contributed by atoms with Crippen molar-refractivity contribution in [2.24, 2.45) is 5.73 Å². The van der Waals surface area contributed by atoms with E-state index in [4.69, 9.17) is 10.8 Å². The number of amides is 1. The van der Waals surface area contributed by atoms with Crippen molar-refractivity contribution in [3.05, 3.63) is 0 Å². The number of hydrogen-bond acceptors (Lipinski definition) is 3. The Morgan fingerprint density at radius 2 is 1.67 bits per heavy atom. The maximum Gasteiger partial charge on any atom is 0.328 e. The number of rotatable bonds is 5. The summed E-state index contributed by atoms with van der Waals surface area (Å²) in [6.45, 7) is 6.46. The number of nitrogens with two attached hydrogens (primary N) is 1. The third-order valence-corrected chi connectivity index (χ3v) is 2.67. The molecule has 5 heteroatoms. The Kier molecular flexibility index (Phi) is 4.27. The molecule has 0 unspecified atom stereocenters. The van der Waals surface area contributed by atoms with Gasteiger partial charge in [0.05, 0.1) is 5.54 Å². The molecule has 0 heterocycles. The summed E-state index contributed by atoms with van der Waals surface area (Å²) < 4.78 is 0. The van der Waals surface area contributed by atoms with Gasteiger partial charge in [-0.3, -0.25) is 4.79 Å². The Morgan fingerprint density at radius 1 is 1.27 bits per heavy atom. The molecule has 0 fully saturated rings. The van der Waals surface area contributed by atoms with Gasteiger partial charge in [0.15, 0.2) is 0 Å². The maximum absolute atomic E-state index is 11.7. The zero-order chi connectivity index (χ0) is 12.3. The predicted molar refractivity (Wildman–Crippen MR) is 57.4 cm³/mol. The van der Waals surface area contributed by atoms with E-state index in [1.54, 1.807) is 13.8 Å².